The zero-order chi connectivity index (χ0) is 17.5. The molecule has 140 valence electrons. The van der Waals surface area contributed by atoms with Crippen LogP contribution in [0.3, 0.4) is 0 Å². The number of aliphatic imine (C=N–C) groups is 1. The Bertz CT molecular complexity index is 361. The van der Waals surface area contributed by atoms with Crippen LogP contribution in [0.1, 0.15) is 58.8 Å². The molecule has 6 nitrogen and oxygen atoms in total. The van der Waals surface area contributed by atoms with E-state index < -0.39 is 0 Å². The number of unbranched alkanes of at least 4 members (excludes halogenated alkanes) is 1. The lowest BCUT2D eigenvalue weighted by Crippen LogP contribution is -2.38. The van der Waals surface area contributed by atoms with Crippen molar-refractivity contribution < 1.29 is 9.53 Å². The first kappa shape index (κ1) is 20.7. The molecule has 0 aromatic rings. The molecular weight excluding hydrogens is 304 g/mol. The lowest BCUT2D eigenvalue weighted by molar-refractivity contribution is -0.130. The van der Waals surface area contributed by atoms with Gasteiger partial charge in [0.15, 0.2) is 5.96 Å². The molecule has 1 fully saturated rings. The first-order chi connectivity index (χ1) is 11.8. The van der Waals surface area contributed by atoms with Crippen molar-refractivity contribution in [2.45, 2.75) is 58.8 Å². The van der Waals surface area contributed by atoms with Gasteiger partial charge in [0.1, 0.15) is 0 Å². The van der Waals surface area contributed by atoms with Crippen LogP contribution >= 0.6 is 0 Å². The van der Waals surface area contributed by atoms with Gasteiger partial charge in [0.25, 0.3) is 0 Å². The van der Waals surface area contributed by atoms with Crippen LogP contribution in [0.2, 0.25) is 0 Å². The minimum atomic E-state index is 0.316. The Hall–Kier alpha value is -1.30. The summed E-state index contributed by atoms with van der Waals surface area (Å²) in [6.45, 7) is 9.97. The Labute approximate surface area is 147 Å². The first-order valence-electron chi connectivity index (χ1n) is 9.65. The molecule has 2 N–H and O–H groups in total. The van der Waals surface area contributed by atoms with Gasteiger partial charge < -0.3 is 20.3 Å². The van der Waals surface area contributed by atoms with Gasteiger partial charge in [0.2, 0.25) is 5.91 Å². The summed E-state index contributed by atoms with van der Waals surface area (Å²) < 4.78 is 5.34. The van der Waals surface area contributed by atoms with E-state index in [2.05, 4.69) is 22.5 Å². The predicted molar refractivity (Wildman–Crippen MR) is 99.4 cm³/mol. The summed E-state index contributed by atoms with van der Waals surface area (Å²) in [4.78, 5) is 18.6. The fraction of sp³-hybridized carbons (Fsp3) is 0.889. The smallest absolute Gasteiger partial charge is 0.222 e. The van der Waals surface area contributed by atoms with E-state index in [4.69, 9.17) is 4.74 Å². The van der Waals surface area contributed by atoms with Gasteiger partial charge in [-0.1, -0.05) is 6.42 Å². The van der Waals surface area contributed by atoms with Gasteiger partial charge in [0, 0.05) is 52.4 Å². The maximum absolute atomic E-state index is 11.9. The van der Waals surface area contributed by atoms with E-state index in [1.54, 1.807) is 0 Å². The molecule has 6 heteroatoms. The molecule has 0 aromatic carbocycles. The van der Waals surface area contributed by atoms with Gasteiger partial charge in [-0.25, -0.2) is 0 Å². The zero-order valence-electron chi connectivity index (χ0n) is 15.6. The number of amides is 1. The Morgan fingerprint density at radius 2 is 2.04 bits per heavy atom. The molecule has 1 aliphatic heterocycles. The number of nitrogens with one attached hydrogen (secondary N) is 2. The molecule has 24 heavy (non-hydrogen) atoms. The van der Waals surface area contributed by atoms with Crippen LogP contribution in [-0.2, 0) is 9.53 Å². The summed E-state index contributed by atoms with van der Waals surface area (Å²) in [5.74, 6) is 1.19. The number of likely N-dealkylation sites (tertiary alicyclic amines) is 1. The maximum Gasteiger partial charge on any atom is 0.222 e. The molecule has 1 rings (SSSR count). The third kappa shape index (κ3) is 9.75. The summed E-state index contributed by atoms with van der Waals surface area (Å²) in [5, 5.41) is 6.63. The Morgan fingerprint density at radius 3 is 2.83 bits per heavy atom. The SMILES string of the molecule is CCNC(=NCCCN1CCCCCC1=O)NCCCCOCC. The Morgan fingerprint density at radius 1 is 1.17 bits per heavy atom. The number of ether oxygens (including phenoxy) is 1. The molecule has 0 unspecified atom stereocenters. The summed E-state index contributed by atoms with van der Waals surface area (Å²) in [6, 6.07) is 0. The molecule has 0 saturated carbocycles. The van der Waals surface area contributed by atoms with E-state index in [9.17, 15) is 4.79 Å². The fourth-order valence-electron chi connectivity index (χ4n) is 2.75. The molecule has 0 bridgehead atoms. The number of nitrogens with zero attached hydrogens (tertiary/aromatic N) is 2. The van der Waals surface area contributed by atoms with Crippen molar-refractivity contribution in [3.63, 3.8) is 0 Å². The van der Waals surface area contributed by atoms with Crippen LogP contribution in [-0.4, -0.2) is 62.7 Å². The van der Waals surface area contributed by atoms with Crippen molar-refractivity contribution in [1.29, 1.82) is 0 Å². The van der Waals surface area contributed by atoms with Crippen molar-refractivity contribution in [3.8, 4) is 0 Å². The van der Waals surface area contributed by atoms with Crippen LogP contribution < -0.4 is 10.6 Å². The fourth-order valence-corrected chi connectivity index (χ4v) is 2.75. The first-order valence-corrected chi connectivity index (χ1v) is 9.65. The van der Waals surface area contributed by atoms with E-state index >= 15 is 0 Å². The Balaban J connectivity index is 2.20. The molecular formula is C18H36N4O2. The largest absolute Gasteiger partial charge is 0.382 e. The van der Waals surface area contributed by atoms with Crippen LogP contribution in [0.4, 0.5) is 0 Å². The van der Waals surface area contributed by atoms with Crippen molar-refractivity contribution in [2.75, 3.05) is 45.9 Å². The van der Waals surface area contributed by atoms with Crippen molar-refractivity contribution in [3.05, 3.63) is 0 Å². The monoisotopic (exact) mass is 340 g/mol. The second-order valence-electron chi connectivity index (χ2n) is 6.14. The van der Waals surface area contributed by atoms with E-state index in [-0.39, 0.29) is 0 Å². The standard InChI is InChI=1S/C18H36N4O2/c1-3-19-18(20-12-7-9-16-24-4-2)21-13-10-15-22-14-8-5-6-11-17(22)23/h3-16H2,1-2H3,(H2,19,20,21). The third-order valence-corrected chi connectivity index (χ3v) is 4.08. The van der Waals surface area contributed by atoms with Gasteiger partial charge in [-0.3, -0.25) is 9.79 Å². The number of rotatable bonds is 11. The summed E-state index contributed by atoms with van der Waals surface area (Å²) >= 11 is 0. The van der Waals surface area contributed by atoms with Crippen LogP contribution in [0.25, 0.3) is 0 Å². The topological polar surface area (TPSA) is 66.0 Å². The van der Waals surface area contributed by atoms with E-state index in [1.165, 1.54) is 6.42 Å². The quantitative estimate of drug-likeness (QED) is 0.344. The molecule has 1 saturated heterocycles. The minimum absolute atomic E-state index is 0.316. The number of carbonyl (C=O) groups excluding carboxylic acids is 1. The minimum Gasteiger partial charge on any atom is -0.382 e. The third-order valence-electron chi connectivity index (χ3n) is 4.08. The second-order valence-corrected chi connectivity index (χ2v) is 6.14. The highest BCUT2D eigenvalue weighted by molar-refractivity contribution is 5.79. The average molecular weight is 341 g/mol. The van der Waals surface area contributed by atoms with Crippen molar-refractivity contribution >= 4 is 11.9 Å². The number of carbonyl (C=O) groups is 1. The molecule has 0 aromatic heterocycles. The normalized spacial score (nSPS) is 16.2. The zero-order valence-corrected chi connectivity index (χ0v) is 15.6. The molecule has 0 aliphatic carbocycles. The number of guanidine groups is 1. The maximum atomic E-state index is 11.9. The van der Waals surface area contributed by atoms with Crippen molar-refractivity contribution in [1.82, 2.24) is 15.5 Å². The highest BCUT2D eigenvalue weighted by atomic mass is 16.5. The van der Waals surface area contributed by atoms with Gasteiger partial charge >= 0.3 is 0 Å². The van der Waals surface area contributed by atoms with Gasteiger partial charge in [0.05, 0.1) is 0 Å². The summed E-state index contributed by atoms with van der Waals surface area (Å²) in [5.41, 5.74) is 0. The van der Waals surface area contributed by atoms with E-state index in [1.807, 2.05) is 11.8 Å². The Kier molecular flexibility index (Phi) is 12.2. The number of hydrogen-bond acceptors (Lipinski definition) is 3. The molecule has 0 atom stereocenters. The molecule has 0 spiro atoms. The lowest BCUT2D eigenvalue weighted by atomic mass is 10.2. The van der Waals surface area contributed by atoms with Gasteiger partial charge in [-0.2, -0.15) is 0 Å². The molecule has 1 amide bonds. The highest BCUT2D eigenvalue weighted by Gasteiger charge is 2.15. The lowest BCUT2D eigenvalue weighted by Gasteiger charge is -2.20. The van der Waals surface area contributed by atoms with Crippen molar-refractivity contribution in [2.24, 2.45) is 4.99 Å². The predicted octanol–water partition coefficient (Wildman–Crippen LogP) is 2.15. The van der Waals surface area contributed by atoms with E-state index in [0.717, 1.165) is 90.4 Å². The molecule has 1 heterocycles. The highest BCUT2D eigenvalue weighted by Crippen LogP contribution is 2.11. The van der Waals surface area contributed by atoms with Gasteiger partial charge in [-0.05, 0) is 46.0 Å². The molecule has 0 radical (unpaired) electrons. The van der Waals surface area contributed by atoms with Crippen LogP contribution in [0.5, 0.6) is 0 Å². The average Bonchev–Trinajstić information content (AvgIpc) is 2.79. The summed E-state index contributed by atoms with van der Waals surface area (Å²) in [6.07, 6.45) is 7.15. The van der Waals surface area contributed by atoms with Crippen LogP contribution in [0, 0.1) is 0 Å². The second kappa shape index (κ2) is 14.1. The van der Waals surface area contributed by atoms with Gasteiger partial charge in [-0.15, -0.1) is 0 Å². The summed E-state index contributed by atoms with van der Waals surface area (Å²) in [7, 11) is 0. The molecule has 1 aliphatic rings. The number of hydrogen-bond donors (Lipinski definition) is 2. The van der Waals surface area contributed by atoms with Crippen LogP contribution in [0.15, 0.2) is 4.99 Å². The van der Waals surface area contributed by atoms with E-state index in [0.29, 0.717) is 5.91 Å².